The molecule has 1 heterocycles. The maximum Gasteiger partial charge on any atom is 0.306 e. The van der Waals surface area contributed by atoms with Gasteiger partial charge in [-0.25, -0.2) is 0 Å². The fourth-order valence-electron chi connectivity index (χ4n) is 5.43. The molecule has 0 aliphatic heterocycles. The maximum atomic E-state index is 12.7. The minimum absolute atomic E-state index is 0.0255. The first-order valence-corrected chi connectivity index (χ1v) is 21.5. The summed E-state index contributed by atoms with van der Waals surface area (Å²) in [4.78, 5) is 16.9. The van der Waals surface area contributed by atoms with Crippen molar-refractivity contribution in [2.75, 3.05) is 13.1 Å². The Morgan fingerprint density at radius 2 is 1.27 bits per heavy atom. The van der Waals surface area contributed by atoms with Gasteiger partial charge in [0.05, 0.1) is 6.10 Å². The molecule has 1 aromatic rings. The van der Waals surface area contributed by atoms with Gasteiger partial charge in [-0.15, -0.1) is 0 Å². The number of unbranched alkanes of at least 4 members (excludes halogenated alkanes) is 14. The first kappa shape index (κ1) is 40.8. The lowest BCUT2D eigenvalue weighted by molar-refractivity contribution is -0.150. The third kappa shape index (κ3) is 20.0. The molecule has 0 aromatic carbocycles. The van der Waals surface area contributed by atoms with Crippen molar-refractivity contribution < 1.29 is 14.0 Å². The molecule has 1 unspecified atom stereocenters. The molecular weight excluding hydrogens is 561 g/mol. The fourth-order valence-corrected chi connectivity index (χ4v) is 6.72. The highest BCUT2D eigenvalue weighted by Crippen LogP contribution is 2.39. The van der Waals surface area contributed by atoms with Gasteiger partial charge in [-0.1, -0.05) is 118 Å². The average molecular weight is 633 g/mol. The molecule has 1 atom stereocenters. The second-order valence-corrected chi connectivity index (χ2v) is 19.4. The van der Waals surface area contributed by atoms with Gasteiger partial charge in [0.1, 0.15) is 6.10 Å². The first-order valence-electron chi connectivity index (χ1n) is 18.6. The number of carbonyl (C=O) groups is 1. The summed E-state index contributed by atoms with van der Waals surface area (Å²) in [5, 5.41) is 3.83. The van der Waals surface area contributed by atoms with Crippen molar-refractivity contribution in [2.45, 2.75) is 193 Å². The molecule has 1 N–H and O–H groups in total. The maximum absolute atomic E-state index is 12.7. The molecule has 0 aliphatic rings. The zero-order valence-electron chi connectivity index (χ0n) is 30.2. The Morgan fingerprint density at radius 3 is 1.82 bits per heavy atom. The molecule has 0 fully saturated rings. The quantitative estimate of drug-likeness (QED) is 0.0566. The van der Waals surface area contributed by atoms with Gasteiger partial charge >= 0.3 is 5.97 Å². The number of hydrogen-bond donors (Lipinski definition) is 1. The van der Waals surface area contributed by atoms with Crippen LogP contribution >= 0.6 is 0 Å². The SMILES string of the molecule is CCCCCCCCC(CCCCCCCC)OC(=O)CCCCCCCNCC(O[Si](C)(C)C(C)(C)C)c1ccncc1. The zero-order valence-corrected chi connectivity index (χ0v) is 31.2. The van der Waals surface area contributed by atoms with Crippen molar-refractivity contribution in [3.63, 3.8) is 0 Å². The second kappa shape index (κ2) is 24.9. The van der Waals surface area contributed by atoms with E-state index in [1.165, 1.54) is 95.5 Å². The molecule has 1 aromatic heterocycles. The lowest BCUT2D eigenvalue weighted by Crippen LogP contribution is -2.43. The molecule has 44 heavy (non-hydrogen) atoms. The van der Waals surface area contributed by atoms with Gasteiger partial charge in [-0.3, -0.25) is 9.78 Å². The number of hydrogen-bond acceptors (Lipinski definition) is 5. The minimum atomic E-state index is -1.89. The molecule has 256 valence electrons. The molecule has 0 saturated carbocycles. The largest absolute Gasteiger partial charge is 0.462 e. The summed E-state index contributed by atoms with van der Waals surface area (Å²) in [6.45, 7) is 17.9. The van der Waals surface area contributed by atoms with E-state index < -0.39 is 8.32 Å². The number of nitrogens with one attached hydrogen (secondary N) is 1. The molecule has 0 radical (unpaired) electrons. The van der Waals surface area contributed by atoms with Crippen molar-refractivity contribution >= 4 is 14.3 Å². The van der Waals surface area contributed by atoms with E-state index in [9.17, 15) is 4.79 Å². The number of carbonyl (C=O) groups excluding carboxylic acids is 1. The standard InChI is InChI=1S/C38H72N2O3Si/c1-8-10-12-14-17-21-25-35(26-22-18-15-13-11-9-2)42-37(41)27-23-19-16-20-24-30-40-33-36(34-28-31-39-32-29-34)43-44(6,7)38(3,4)5/h28-29,31-32,35-36,40H,8-27,30,33H2,1-7H3. The lowest BCUT2D eigenvalue weighted by Gasteiger charge is -2.39. The average Bonchev–Trinajstić information content (AvgIpc) is 2.98. The van der Waals surface area contributed by atoms with Gasteiger partial charge in [0, 0.05) is 25.4 Å². The third-order valence-corrected chi connectivity index (χ3v) is 13.9. The van der Waals surface area contributed by atoms with E-state index in [-0.39, 0.29) is 23.2 Å². The van der Waals surface area contributed by atoms with E-state index >= 15 is 0 Å². The van der Waals surface area contributed by atoms with Gasteiger partial charge in [0.2, 0.25) is 0 Å². The van der Waals surface area contributed by atoms with Crippen molar-refractivity contribution in [1.82, 2.24) is 10.3 Å². The smallest absolute Gasteiger partial charge is 0.306 e. The molecule has 5 nitrogen and oxygen atoms in total. The van der Waals surface area contributed by atoms with E-state index in [0.29, 0.717) is 6.42 Å². The van der Waals surface area contributed by atoms with Crippen LogP contribution in [0.1, 0.15) is 175 Å². The molecule has 0 aliphatic carbocycles. The summed E-state index contributed by atoms with van der Waals surface area (Å²) in [7, 11) is -1.89. The van der Waals surface area contributed by atoms with Crippen molar-refractivity contribution in [3.05, 3.63) is 30.1 Å². The summed E-state index contributed by atoms with van der Waals surface area (Å²) in [5.41, 5.74) is 1.20. The van der Waals surface area contributed by atoms with Crippen LogP contribution in [0.5, 0.6) is 0 Å². The minimum Gasteiger partial charge on any atom is -0.462 e. The Morgan fingerprint density at radius 1 is 0.773 bits per heavy atom. The van der Waals surface area contributed by atoms with Crippen LogP contribution in [-0.2, 0) is 14.0 Å². The Balaban J connectivity index is 2.29. The van der Waals surface area contributed by atoms with E-state index in [1.54, 1.807) is 0 Å². The highest BCUT2D eigenvalue weighted by molar-refractivity contribution is 6.74. The number of nitrogens with zero attached hydrogens (tertiary/aromatic N) is 1. The number of ether oxygens (including phenoxy) is 1. The fraction of sp³-hybridized carbons (Fsp3) is 0.842. The normalized spacial score (nSPS) is 13.0. The van der Waals surface area contributed by atoms with Gasteiger partial charge in [-0.05, 0) is 80.9 Å². The molecule has 1 rings (SSSR count). The number of esters is 1. The predicted octanol–water partition coefficient (Wildman–Crippen LogP) is 11.5. The molecule has 0 saturated heterocycles. The van der Waals surface area contributed by atoms with Crippen LogP contribution in [0.2, 0.25) is 18.1 Å². The van der Waals surface area contributed by atoms with Gasteiger partial charge in [0.15, 0.2) is 8.32 Å². The van der Waals surface area contributed by atoms with E-state index in [1.807, 2.05) is 12.4 Å². The second-order valence-electron chi connectivity index (χ2n) is 14.6. The summed E-state index contributed by atoms with van der Waals surface area (Å²) >= 11 is 0. The van der Waals surface area contributed by atoms with Crippen LogP contribution in [-0.4, -0.2) is 38.5 Å². The van der Waals surface area contributed by atoms with Crippen LogP contribution in [0.15, 0.2) is 24.5 Å². The number of rotatable bonds is 28. The van der Waals surface area contributed by atoms with Crippen LogP contribution < -0.4 is 5.32 Å². The first-order chi connectivity index (χ1) is 21.1. The van der Waals surface area contributed by atoms with E-state index in [4.69, 9.17) is 9.16 Å². The molecule has 0 spiro atoms. The van der Waals surface area contributed by atoms with Crippen LogP contribution in [0.4, 0.5) is 0 Å². The Bertz CT molecular complexity index is 796. The highest BCUT2D eigenvalue weighted by Gasteiger charge is 2.39. The van der Waals surface area contributed by atoms with Gasteiger partial charge in [-0.2, -0.15) is 0 Å². The van der Waals surface area contributed by atoms with Crippen LogP contribution in [0, 0.1) is 0 Å². The monoisotopic (exact) mass is 633 g/mol. The highest BCUT2D eigenvalue weighted by atomic mass is 28.4. The van der Waals surface area contributed by atoms with Gasteiger partial charge in [0.25, 0.3) is 0 Å². The van der Waals surface area contributed by atoms with E-state index in [0.717, 1.165) is 45.2 Å². The molecule has 6 heteroatoms. The zero-order chi connectivity index (χ0) is 32.5. The third-order valence-electron chi connectivity index (χ3n) is 9.44. The summed E-state index contributed by atoms with van der Waals surface area (Å²) in [5.74, 6) is 0.0255. The molecular formula is C38H72N2O3Si. The topological polar surface area (TPSA) is 60.5 Å². The number of aromatic nitrogens is 1. The molecule has 0 bridgehead atoms. The van der Waals surface area contributed by atoms with E-state index in [2.05, 4.69) is 70.1 Å². The Kier molecular flexibility index (Phi) is 23.1. The van der Waals surface area contributed by atoms with Crippen LogP contribution in [0.3, 0.4) is 0 Å². The van der Waals surface area contributed by atoms with Crippen molar-refractivity contribution in [3.8, 4) is 0 Å². The lowest BCUT2D eigenvalue weighted by atomic mass is 10.0. The summed E-state index contributed by atoms with van der Waals surface area (Å²) in [6.07, 6.45) is 27.6. The van der Waals surface area contributed by atoms with Crippen molar-refractivity contribution in [1.29, 1.82) is 0 Å². The Labute approximate surface area is 274 Å². The Hall–Kier alpha value is -1.24. The van der Waals surface area contributed by atoms with Gasteiger partial charge < -0.3 is 14.5 Å². The predicted molar refractivity (Wildman–Crippen MR) is 192 cm³/mol. The summed E-state index contributed by atoms with van der Waals surface area (Å²) < 4.78 is 12.8. The van der Waals surface area contributed by atoms with Crippen molar-refractivity contribution in [2.24, 2.45) is 0 Å². The van der Waals surface area contributed by atoms with Crippen LogP contribution in [0.25, 0.3) is 0 Å². The number of pyridine rings is 1. The summed E-state index contributed by atoms with van der Waals surface area (Å²) in [6, 6.07) is 4.16. The molecule has 0 amide bonds.